The molecule has 1 atom stereocenters. The lowest BCUT2D eigenvalue weighted by Gasteiger charge is -2.31. The van der Waals surface area contributed by atoms with Crippen LogP contribution in [0.5, 0.6) is 0 Å². The van der Waals surface area contributed by atoms with Gasteiger partial charge in [0, 0.05) is 19.7 Å². The minimum Gasteiger partial charge on any atom is -0.395 e. The van der Waals surface area contributed by atoms with E-state index in [1.165, 1.54) is 0 Å². The van der Waals surface area contributed by atoms with Crippen molar-refractivity contribution in [3.05, 3.63) is 0 Å². The topological polar surface area (TPSA) is 32.7 Å². The Hall–Kier alpha value is -0.330. The van der Waals surface area contributed by atoms with Crippen LogP contribution in [0, 0.1) is 5.41 Å². The molecule has 0 aromatic heterocycles. The molecule has 0 aliphatic carbocycles. The van der Waals surface area contributed by atoms with Crippen molar-refractivity contribution in [2.24, 2.45) is 5.41 Å². The number of likely N-dealkylation sites (tertiary alicyclic amines) is 1. The fourth-order valence-corrected chi connectivity index (χ4v) is 2.02. The lowest BCUT2D eigenvalue weighted by atomic mass is 9.87. The third kappa shape index (κ3) is 2.87. The molecule has 1 fully saturated rings. The maximum atomic E-state index is 13.0. The predicted octanol–water partition coefficient (Wildman–Crippen LogP) is 1.27. The molecule has 1 rings (SSSR count). The molecule has 3 nitrogen and oxygen atoms in total. The van der Waals surface area contributed by atoms with Crippen LogP contribution in [0.3, 0.4) is 0 Å². The second-order valence-electron chi connectivity index (χ2n) is 4.16. The highest BCUT2D eigenvalue weighted by Crippen LogP contribution is 2.45. The van der Waals surface area contributed by atoms with Gasteiger partial charge in [0.15, 0.2) is 0 Å². The van der Waals surface area contributed by atoms with E-state index in [1.807, 2.05) is 0 Å². The van der Waals surface area contributed by atoms with Crippen molar-refractivity contribution < 1.29 is 23.0 Å². The molecule has 1 aliphatic heterocycles. The zero-order valence-electron chi connectivity index (χ0n) is 9.39. The minimum atomic E-state index is -4.24. The number of halogens is 3. The normalized spacial score (nSPS) is 27.6. The fourth-order valence-electron chi connectivity index (χ4n) is 2.02. The quantitative estimate of drug-likeness (QED) is 0.786. The van der Waals surface area contributed by atoms with E-state index in [1.54, 1.807) is 11.8 Å². The molecule has 0 aromatic carbocycles. The zero-order chi connectivity index (χ0) is 12.2. The minimum absolute atomic E-state index is 0.0521. The van der Waals surface area contributed by atoms with Crippen LogP contribution in [0.25, 0.3) is 0 Å². The van der Waals surface area contributed by atoms with Crippen LogP contribution in [0.1, 0.15) is 13.3 Å². The third-order valence-corrected chi connectivity index (χ3v) is 3.03. The Bertz CT molecular complexity index is 223. The van der Waals surface area contributed by atoms with Gasteiger partial charge in [0.2, 0.25) is 0 Å². The number of rotatable bonds is 5. The highest BCUT2D eigenvalue weighted by molar-refractivity contribution is 4.95. The highest BCUT2D eigenvalue weighted by atomic mass is 19.4. The summed E-state index contributed by atoms with van der Waals surface area (Å²) in [6.07, 6.45) is -4.19. The van der Waals surface area contributed by atoms with Gasteiger partial charge in [-0.3, -0.25) is 0 Å². The molecule has 0 aromatic rings. The van der Waals surface area contributed by atoms with Gasteiger partial charge in [-0.05, 0) is 19.9 Å². The molecule has 0 radical (unpaired) electrons. The Morgan fingerprint density at radius 3 is 2.62 bits per heavy atom. The van der Waals surface area contributed by atoms with Gasteiger partial charge in [0.25, 0.3) is 0 Å². The van der Waals surface area contributed by atoms with E-state index in [0.717, 1.165) is 0 Å². The summed E-state index contributed by atoms with van der Waals surface area (Å²) in [6, 6.07) is 0. The Morgan fingerprint density at radius 1 is 1.44 bits per heavy atom. The van der Waals surface area contributed by atoms with Crippen LogP contribution < -0.4 is 0 Å². The van der Waals surface area contributed by atoms with Crippen molar-refractivity contribution in [2.75, 3.05) is 39.5 Å². The zero-order valence-corrected chi connectivity index (χ0v) is 9.39. The molecular weight excluding hydrogens is 223 g/mol. The number of β-amino-alcohol motifs (C(OH)–C–C–N with tert-alkyl or cyclic N) is 1. The lowest BCUT2D eigenvalue weighted by molar-refractivity contribution is -0.235. The first-order valence-electron chi connectivity index (χ1n) is 5.43. The first-order valence-corrected chi connectivity index (χ1v) is 5.43. The Balaban J connectivity index is 2.67. The van der Waals surface area contributed by atoms with Gasteiger partial charge >= 0.3 is 6.18 Å². The summed E-state index contributed by atoms with van der Waals surface area (Å²) in [7, 11) is 0. The SMILES string of the molecule is CCOC[C@]1(C(F)(F)F)CCN(CCO)C1. The maximum Gasteiger partial charge on any atom is 0.397 e. The van der Waals surface area contributed by atoms with Crippen LogP contribution in [0.4, 0.5) is 13.2 Å². The molecule has 6 heteroatoms. The monoisotopic (exact) mass is 241 g/mol. The van der Waals surface area contributed by atoms with Crippen molar-refractivity contribution in [1.29, 1.82) is 0 Å². The van der Waals surface area contributed by atoms with Crippen LogP contribution >= 0.6 is 0 Å². The second-order valence-corrected chi connectivity index (χ2v) is 4.16. The summed E-state index contributed by atoms with van der Waals surface area (Å²) in [4.78, 5) is 1.63. The van der Waals surface area contributed by atoms with Gasteiger partial charge in [0.1, 0.15) is 5.41 Å². The first-order chi connectivity index (χ1) is 7.45. The second kappa shape index (κ2) is 5.33. The van der Waals surface area contributed by atoms with E-state index in [0.29, 0.717) is 13.1 Å². The maximum absolute atomic E-state index is 13.0. The Morgan fingerprint density at radius 2 is 2.12 bits per heavy atom. The molecule has 1 N–H and O–H groups in total. The molecule has 1 heterocycles. The van der Waals surface area contributed by atoms with Gasteiger partial charge in [-0.15, -0.1) is 0 Å². The van der Waals surface area contributed by atoms with Crippen molar-refractivity contribution in [3.8, 4) is 0 Å². The lowest BCUT2D eigenvalue weighted by Crippen LogP contribution is -2.44. The van der Waals surface area contributed by atoms with Crippen LogP contribution in [-0.4, -0.2) is 55.6 Å². The number of ether oxygens (including phenoxy) is 1. The molecule has 0 unspecified atom stereocenters. The summed E-state index contributed by atoms with van der Waals surface area (Å²) in [5.74, 6) is 0. The predicted molar refractivity (Wildman–Crippen MR) is 53.1 cm³/mol. The van der Waals surface area contributed by atoms with Crippen LogP contribution in [-0.2, 0) is 4.74 Å². The van der Waals surface area contributed by atoms with E-state index >= 15 is 0 Å². The molecule has 1 aliphatic rings. The van der Waals surface area contributed by atoms with Gasteiger partial charge in [-0.1, -0.05) is 0 Å². The standard InChI is InChI=1S/C10H18F3NO2/c1-2-16-8-9(10(11,12)13)3-4-14(7-9)5-6-15/h15H,2-8H2,1H3/t9-/m0/s1. The molecular formula is C10H18F3NO2. The van der Waals surface area contributed by atoms with E-state index in [9.17, 15) is 13.2 Å². The number of nitrogens with zero attached hydrogens (tertiary/aromatic N) is 1. The third-order valence-electron chi connectivity index (χ3n) is 3.03. The summed E-state index contributed by atoms with van der Waals surface area (Å²) in [6.45, 7) is 2.17. The number of aliphatic hydroxyl groups excluding tert-OH is 1. The fraction of sp³-hybridized carbons (Fsp3) is 1.00. The van der Waals surface area contributed by atoms with Crippen molar-refractivity contribution in [1.82, 2.24) is 4.90 Å². The van der Waals surface area contributed by atoms with Crippen molar-refractivity contribution >= 4 is 0 Å². The van der Waals surface area contributed by atoms with Gasteiger partial charge in [0.05, 0.1) is 13.2 Å². The van der Waals surface area contributed by atoms with E-state index in [-0.39, 0.29) is 32.8 Å². The van der Waals surface area contributed by atoms with Gasteiger partial charge in [-0.25, -0.2) is 0 Å². The summed E-state index contributed by atoms with van der Waals surface area (Å²) < 4.78 is 43.9. The average Bonchev–Trinajstić information content (AvgIpc) is 2.60. The highest BCUT2D eigenvalue weighted by Gasteiger charge is 2.57. The van der Waals surface area contributed by atoms with E-state index in [4.69, 9.17) is 9.84 Å². The Labute approximate surface area is 93.2 Å². The van der Waals surface area contributed by atoms with Gasteiger partial charge in [-0.2, -0.15) is 13.2 Å². The van der Waals surface area contributed by atoms with Crippen LogP contribution in [0.2, 0.25) is 0 Å². The van der Waals surface area contributed by atoms with E-state index < -0.39 is 11.6 Å². The summed E-state index contributed by atoms with van der Waals surface area (Å²) in [5.41, 5.74) is -1.75. The number of alkyl halides is 3. The molecule has 0 amide bonds. The van der Waals surface area contributed by atoms with Gasteiger partial charge < -0.3 is 14.7 Å². The summed E-state index contributed by atoms with van der Waals surface area (Å²) >= 11 is 0. The first kappa shape index (κ1) is 13.7. The van der Waals surface area contributed by atoms with Crippen molar-refractivity contribution in [3.63, 3.8) is 0 Å². The largest absolute Gasteiger partial charge is 0.397 e. The Kier molecular flexibility index (Phi) is 4.58. The molecule has 0 spiro atoms. The summed E-state index contributed by atoms with van der Waals surface area (Å²) in [5, 5.41) is 8.72. The van der Waals surface area contributed by atoms with Crippen molar-refractivity contribution in [2.45, 2.75) is 19.5 Å². The molecule has 1 saturated heterocycles. The smallest absolute Gasteiger partial charge is 0.395 e. The molecule has 0 bridgehead atoms. The number of aliphatic hydroxyl groups is 1. The molecule has 16 heavy (non-hydrogen) atoms. The van der Waals surface area contributed by atoms with Crippen LogP contribution in [0.15, 0.2) is 0 Å². The molecule has 0 saturated carbocycles. The number of hydrogen-bond donors (Lipinski definition) is 1. The molecule has 96 valence electrons. The van der Waals surface area contributed by atoms with E-state index in [2.05, 4.69) is 0 Å². The number of hydrogen-bond acceptors (Lipinski definition) is 3. The average molecular weight is 241 g/mol.